The van der Waals surface area contributed by atoms with Crippen LogP contribution >= 0.6 is 11.6 Å². The van der Waals surface area contributed by atoms with Gasteiger partial charge < -0.3 is 30.4 Å². The lowest BCUT2D eigenvalue weighted by Gasteiger charge is -2.31. The number of fused-ring (bicyclic) bond motifs is 1. The number of aliphatic hydroxyl groups is 2. The Hall–Kier alpha value is -3.22. The van der Waals surface area contributed by atoms with Gasteiger partial charge in [-0.3, -0.25) is 0 Å². The van der Waals surface area contributed by atoms with Crippen LogP contribution in [-0.4, -0.2) is 62.9 Å². The van der Waals surface area contributed by atoms with Gasteiger partial charge in [0.05, 0.1) is 35.6 Å². The summed E-state index contributed by atoms with van der Waals surface area (Å²) in [6, 6.07) is 13.1. The van der Waals surface area contributed by atoms with Gasteiger partial charge in [0.25, 0.3) is 6.01 Å². The number of aromatic amines is 1. The molecule has 0 amide bonds. The molecule has 0 spiro atoms. The van der Waals surface area contributed by atoms with Gasteiger partial charge in [0.1, 0.15) is 18.2 Å². The Labute approximate surface area is 220 Å². The number of rotatable bonds is 6. The highest BCUT2D eigenvalue weighted by Crippen LogP contribution is 2.33. The van der Waals surface area contributed by atoms with Crippen LogP contribution < -0.4 is 10.5 Å². The van der Waals surface area contributed by atoms with Gasteiger partial charge in [-0.2, -0.15) is 18.2 Å². The standard InChI is InChI=1S/C26H24ClF3N4O4/c27-18-10-19-24(34-25(32-19)38-17-9-20(36)21(11-35)37-12-17)33-22(18)15-5-1-13(2-6-15)14-3-7-16(8-4-14)23(31)26(28,29)30/h1-8,10,17,20-21,23,35-36H,9,11-12,31H2,(H,32,33,34). The first-order chi connectivity index (χ1) is 18.1. The van der Waals surface area contributed by atoms with Crippen LogP contribution in [0, 0.1) is 0 Å². The summed E-state index contributed by atoms with van der Waals surface area (Å²) in [5.41, 5.74) is 8.97. The van der Waals surface area contributed by atoms with E-state index in [0.29, 0.717) is 21.9 Å². The Morgan fingerprint density at radius 1 is 1.08 bits per heavy atom. The van der Waals surface area contributed by atoms with Crippen LogP contribution in [0.4, 0.5) is 13.2 Å². The second-order valence-electron chi connectivity index (χ2n) is 9.05. The van der Waals surface area contributed by atoms with Crippen LogP contribution in [0.2, 0.25) is 5.02 Å². The van der Waals surface area contributed by atoms with E-state index in [1.54, 1.807) is 18.2 Å². The number of hydrogen-bond acceptors (Lipinski definition) is 7. The van der Waals surface area contributed by atoms with E-state index in [9.17, 15) is 23.4 Å². The van der Waals surface area contributed by atoms with E-state index < -0.39 is 30.5 Å². The molecule has 0 aliphatic carbocycles. The molecule has 38 heavy (non-hydrogen) atoms. The molecule has 8 nitrogen and oxygen atoms in total. The van der Waals surface area contributed by atoms with Crippen molar-refractivity contribution in [2.75, 3.05) is 13.2 Å². The number of benzene rings is 2. The van der Waals surface area contributed by atoms with Crippen molar-refractivity contribution in [3.8, 4) is 28.4 Å². The van der Waals surface area contributed by atoms with Gasteiger partial charge in [0, 0.05) is 12.0 Å². The summed E-state index contributed by atoms with van der Waals surface area (Å²) >= 11 is 6.50. The first-order valence-corrected chi connectivity index (χ1v) is 12.2. The van der Waals surface area contributed by atoms with E-state index in [0.717, 1.165) is 16.7 Å². The molecule has 0 bridgehead atoms. The largest absolute Gasteiger partial charge is 0.459 e. The molecule has 4 atom stereocenters. The minimum Gasteiger partial charge on any atom is -0.459 e. The molecule has 4 unspecified atom stereocenters. The van der Waals surface area contributed by atoms with Crippen molar-refractivity contribution in [1.29, 1.82) is 0 Å². The molecule has 1 aliphatic rings. The van der Waals surface area contributed by atoms with Crippen LogP contribution in [0.25, 0.3) is 33.5 Å². The number of H-pyrrole nitrogens is 1. The fourth-order valence-corrected chi connectivity index (χ4v) is 4.55. The Balaban J connectivity index is 1.32. The molecular formula is C26H24ClF3N4O4. The first kappa shape index (κ1) is 26.4. The van der Waals surface area contributed by atoms with E-state index in [2.05, 4.69) is 15.0 Å². The summed E-state index contributed by atoms with van der Waals surface area (Å²) in [6.07, 6.45) is -6.15. The van der Waals surface area contributed by atoms with Gasteiger partial charge in [-0.05, 0) is 22.8 Å². The molecule has 4 aromatic rings. The summed E-state index contributed by atoms with van der Waals surface area (Å²) in [7, 11) is 0. The molecule has 200 valence electrons. The Morgan fingerprint density at radius 3 is 2.32 bits per heavy atom. The predicted molar refractivity (Wildman–Crippen MR) is 135 cm³/mol. The molecule has 1 saturated heterocycles. The number of ether oxygens (including phenoxy) is 2. The van der Waals surface area contributed by atoms with Gasteiger partial charge in [-0.25, -0.2) is 4.98 Å². The lowest BCUT2D eigenvalue weighted by Crippen LogP contribution is -2.45. The summed E-state index contributed by atoms with van der Waals surface area (Å²) in [6.45, 7) is -0.0728. The summed E-state index contributed by atoms with van der Waals surface area (Å²) in [5.74, 6) is 0. The molecule has 5 rings (SSSR count). The molecule has 12 heteroatoms. The minimum atomic E-state index is -4.51. The highest BCUT2D eigenvalue weighted by Gasteiger charge is 2.37. The monoisotopic (exact) mass is 548 g/mol. The average Bonchev–Trinajstić information content (AvgIpc) is 3.28. The van der Waals surface area contributed by atoms with E-state index in [4.69, 9.17) is 26.8 Å². The van der Waals surface area contributed by atoms with Crippen LogP contribution in [0.1, 0.15) is 18.0 Å². The zero-order valence-corrected chi connectivity index (χ0v) is 20.6. The first-order valence-electron chi connectivity index (χ1n) is 11.8. The van der Waals surface area contributed by atoms with Crippen molar-refractivity contribution in [2.45, 2.75) is 37.0 Å². The van der Waals surface area contributed by atoms with Crippen molar-refractivity contribution >= 4 is 22.8 Å². The third-order valence-electron chi connectivity index (χ3n) is 6.41. The number of alkyl halides is 3. The maximum absolute atomic E-state index is 12.9. The van der Waals surface area contributed by atoms with Gasteiger partial charge >= 0.3 is 6.18 Å². The summed E-state index contributed by atoms with van der Waals surface area (Å²) in [5, 5.41) is 19.6. The number of nitrogens with one attached hydrogen (secondary N) is 1. The zero-order valence-electron chi connectivity index (χ0n) is 19.8. The van der Waals surface area contributed by atoms with Crippen LogP contribution in [0.5, 0.6) is 6.01 Å². The molecule has 1 fully saturated rings. The van der Waals surface area contributed by atoms with Crippen LogP contribution in [0.3, 0.4) is 0 Å². The Bertz CT molecular complexity index is 1410. The quantitative estimate of drug-likeness (QED) is 0.281. The minimum absolute atomic E-state index is 0.00829. The van der Waals surface area contributed by atoms with Gasteiger partial charge in [0.2, 0.25) is 0 Å². The molecule has 0 saturated carbocycles. The maximum Gasteiger partial charge on any atom is 0.407 e. The fourth-order valence-electron chi connectivity index (χ4n) is 4.29. The lowest BCUT2D eigenvalue weighted by molar-refractivity contribution is -0.149. The summed E-state index contributed by atoms with van der Waals surface area (Å²) < 4.78 is 49.8. The van der Waals surface area contributed by atoms with E-state index in [-0.39, 0.29) is 31.2 Å². The predicted octanol–water partition coefficient (Wildman–Crippen LogP) is 4.40. The molecular weight excluding hydrogens is 525 g/mol. The number of aromatic nitrogens is 3. The molecule has 3 heterocycles. The Kier molecular flexibility index (Phi) is 7.30. The number of nitrogens with two attached hydrogens (primary N) is 1. The van der Waals surface area contributed by atoms with E-state index in [1.165, 1.54) is 12.1 Å². The SMILES string of the molecule is NC(c1ccc(-c2ccc(-c3nc4nc(OC5COC(CO)C(O)C5)[nH]c4cc3Cl)cc2)cc1)C(F)(F)F. The summed E-state index contributed by atoms with van der Waals surface area (Å²) in [4.78, 5) is 12.0. The smallest absolute Gasteiger partial charge is 0.407 e. The van der Waals surface area contributed by atoms with Crippen molar-refractivity contribution in [2.24, 2.45) is 5.73 Å². The topological polar surface area (TPSA) is 127 Å². The molecule has 0 radical (unpaired) electrons. The average molecular weight is 549 g/mol. The van der Waals surface area contributed by atoms with Gasteiger partial charge in [0.15, 0.2) is 5.65 Å². The highest BCUT2D eigenvalue weighted by atomic mass is 35.5. The van der Waals surface area contributed by atoms with Crippen LogP contribution in [-0.2, 0) is 4.74 Å². The third kappa shape index (κ3) is 5.47. The second-order valence-corrected chi connectivity index (χ2v) is 9.46. The molecule has 2 aromatic carbocycles. The van der Waals surface area contributed by atoms with Gasteiger partial charge in [-0.1, -0.05) is 60.1 Å². The highest BCUT2D eigenvalue weighted by molar-refractivity contribution is 6.33. The number of hydrogen-bond donors (Lipinski definition) is 4. The van der Waals surface area contributed by atoms with Crippen molar-refractivity contribution < 1.29 is 32.9 Å². The van der Waals surface area contributed by atoms with Crippen molar-refractivity contribution in [3.63, 3.8) is 0 Å². The van der Waals surface area contributed by atoms with E-state index in [1.807, 2.05) is 24.3 Å². The molecule has 5 N–H and O–H groups in total. The van der Waals surface area contributed by atoms with Crippen molar-refractivity contribution in [1.82, 2.24) is 15.0 Å². The van der Waals surface area contributed by atoms with Gasteiger partial charge in [-0.15, -0.1) is 0 Å². The number of nitrogens with zero attached hydrogens (tertiary/aromatic N) is 2. The fraction of sp³-hybridized carbons (Fsp3) is 0.308. The number of imidazole rings is 1. The maximum atomic E-state index is 12.9. The number of pyridine rings is 1. The van der Waals surface area contributed by atoms with Crippen molar-refractivity contribution in [3.05, 3.63) is 65.2 Å². The molecule has 2 aromatic heterocycles. The van der Waals surface area contributed by atoms with Crippen LogP contribution in [0.15, 0.2) is 54.6 Å². The molecule has 1 aliphatic heterocycles. The lowest BCUT2D eigenvalue weighted by atomic mass is 9.99. The number of halogens is 4. The van der Waals surface area contributed by atoms with E-state index >= 15 is 0 Å². The zero-order chi connectivity index (χ0) is 27.0. The third-order valence-corrected chi connectivity index (χ3v) is 6.70. The normalized spacial score (nSPS) is 21.0. The Morgan fingerprint density at radius 2 is 1.71 bits per heavy atom. The second kappa shape index (κ2) is 10.5. The number of aliphatic hydroxyl groups excluding tert-OH is 2.